The van der Waals surface area contributed by atoms with Gasteiger partial charge in [-0.2, -0.15) is 5.10 Å². The molecular formula is C16H21N3O. The van der Waals surface area contributed by atoms with Gasteiger partial charge in [-0.25, -0.2) is 4.68 Å². The van der Waals surface area contributed by atoms with Crippen LogP contribution in [0.15, 0.2) is 42.7 Å². The molecule has 0 bridgehead atoms. The number of hydrogen-bond donors (Lipinski definition) is 1. The first-order valence-corrected chi connectivity index (χ1v) is 7.32. The van der Waals surface area contributed by atoms with Gasteiger partial charge in [-0.3, -0.25) is 0 Å². The molecule has 2 heterocycles. The molecule has 3 rings (SSSR count). The fraction of sp³-hybridized carbons (Fsp3) is 0.438. The summed E-state index contributed by atoms with van der Waals surface area (Å²) in [6.45, 7) is 2.54. The van der Waals surface area contributed by atoms with Crippen LogP contribution in [0.5, 0.6) is 0 Å². The Kier molecular flexibility index (Phi) is 4.46. The summed E-state index contributed by atoms with van der Waals surface area (Å²) in [6.07, 6.45) is 7.74. The highest BCUT2D eigenvalue weighted by Gasteiger charge is 2.12. The molecule has 1 saturated heterocycles. The molecule has 1 fully saturated rings. The van der Waals surface area contributed by atoms with Crippen molar-refractivity contribution < 1.29 is 4.74 Å². The van der Waals surface area contributed by atoms with Crippen LogP contribution >= 0.6 is 0 Å². The molecule has 1 atom stereocenters. The van der Waals surface area contributed by atoms with Crippen LogP contribution in [0, 0.1) is 0 Å². The van der Waals surface area contributed by atoms with Gasteiger partial charge < -0.3 is 10.1 Å². The summed E-state index contributed by atoms with van der Waals surface area (Å²) in [5.74, 6) is 0. The van der Waals surface area contributed by atoms with E-state index in [9.17, 15) is 0 Å². The molecule has 0 aliphatic carbocycles. The highest BCUT2D eigenvalue weighted by Crippen LogP contribution is 2.10. The van der Waals surface area contributed by atoms with Gasteiger partial charge in [-0.05, 0) is 31.5 Å². The Morgan fingerprint density at radius 2 is 2.15 bits per heavy atom. The Labute approximate surface area is 119 Å². The van der Waals surface area contributed by atoms with Crippen molar-refractivity contribution in [2.24, 2.45) is 0 Å². The second-order valence-electron chi connectivity index (χ2n) is 5.29. The van der Waals surface area contributed by atoms with E-state index in [1.54, 1.807) is 0 Å². The van der Waals surface area contributed by atoms with Crippen LogP contribution in [0.2, 0.25) is 0 Å². The average molecular weight is 271 g/mol. The zero-order valence-corrected chi connectivity index (χ0v) is 11.7. The monoisotopic (exact) mass is 271 g/mol. The average Bonchev–Trinajstić information content (AvgIpc) is 2.98. The van der Waals surface area contributed by atoms with Gasteiger partial charge in [0.15, 0.2) is 0 Å². The minimum atomic E-state index is 0.521. The van der Waals surface area contributed by atoms with Crippen molar-refractivity contribution in [3.63, 3.8) is 0 Å². The van der Waals surface area contributed by atoms with E-state index in [2.05, 4.69) is 10.4 Å². The summed E-state index contributed by atoms with van der Waals surface area (Å²) < 4.78 is 7.68. The van der Waals surface area contributed by atoms with Crippen LogP contribution in [-0.2, 0) is 11.3 Å². The van der Waals surface area contributed by atoms with Gasteiger partial charge in [0.2, 0.25) is 0 Å². The summed E-state index contributed by atoms with van der Waals surface area (Å²) >= 11 is 0. The Hall–Kier alpha value is -1.65. The first kappa shape index (κ1) is 13.3. The first-order chi connectivity index (χ1) is 9.92. The molecule has 1 aromatic carbocycles. The zero-order chi connectivity index (χ0) is 13.6. The van der Waals surface area contributed by atoms with Crippen molar-refractivity contribution >= 4 is 0 Å². The Morgan fingerprint density at radius 3 is 2.95 bits per heavy atom. The zero-order valence-electron chi connectivity index (χ0n) is 11.7. The van der Waals surface area contributed by atoms with Crippen molar-refractivity contribution in [3.05, 3.63) is 48.3 Å². The van der Waals surface area contributed by atoms with Crippen molar-refractivity contribution in [1.29, 1.82) is 0 Å². The number of rotatable bonds is 5. The molecule has 1 N–H and O–H groups in total. The lowest BCUT2D eigenvalue weighted by molar-refractivity contribution is 0.0911. The summed E-state index contributed by atoms with van der Waals surface area (Å²) in [5.41, 5.74) is 2.19. The second kappa shape index (κ2) is 6.68. The maximum absolute atomic E-state index is 5.79. The number of aromatic nitrogens is 2. The molecule has 0 amide bonds. The molecule has 4 heteroatoms. The van der Waals surface area contributed by atoms with Gasteiger partial charge in [0, 0.05) is 17.8 Å². The van der Waals surface area contributed by atoms with Gasteiger partial charge in [0.05, 0.1) is 25.1 Å². The third kappa shape index (κ3) is 3.46. The van der Waals surface area contributed by atoms with Gasteiger partial charge in [0.1, 0.15) is 0 Å². The quantitative estimate of drug-likeness (QED) is 0.908. The lowest BCUT2D eigenvalue weighted by Crippen LogP contribution is -2.37. The molecular weight excluding hydrogens is 250 g/mol. The predicted octanol–water partition coefficient (Wildman–Crippen LogP) is 2.53. The topological polar surface area (TPSA) is 39.1 Å². The summed E-state index contributed by atoms with van der Waals surface area (Å²) in [5, 5.41) is 7.86. The minimum Gasteiger partial charge on any atom is -0.375 e. The predicted molar refractivity (Wildman–Crippen MR) is 78.9 cm³/mol. The van der Waals surface area contributed by atoms with E-state index in [0.29, 0.717) is 12.6 Å². The fourth-order valence-electron chi connectivity index (χ4n) is 2.54. The lowest BCUT2D eigenvalue weighted by Gasteiger charge is -2.22. The molecule has 0 radical (unpaired) electrons. The van der Waals surface area contributed by atoms with E-state index in [0.717, 1.165) is 24.4 Å². The second-order valence-corrected chi connectivity index (χ2v) is 5.29. The third-order valence-electron chi connectivity index (χ3n) is 3.66. The fourth-order valence-corrected chi connectivity index (χ4v) is 2.54. The molecule has 20 heavy (non-hydrogen) atoms. The molecule has 0 saturated carbocycles. The SMILES string of the molecule is c1ccc(-n2cc(COCC3CCCCN3)cn2)cc1. The van der Waals surface area contributed by atoms with E-state index in [1.807, 2.05) is 47.4 Å². The van der Waals surface area contributed by atoms with Crippen LogP contribution < -0.4 is 5.32 Å². The van der Waals surface area contributed by atoms with Crippen molar-refractivity contribution in [2.45, 2.75) is 31.9 Å². The summed E-state index contributed by atoms with van der Waals surface area (Å²) in [4.78, 5) is 0. The molecule has 106 valence electrons. The molecule has 1 unspecified atom stereocenters. The van der Waals surface area contributed by atoms with Gasteiger partial charge in [-0.15, -0.1) is 0 Å². The highest BCUT2D eigenvalue weighted by atomic mass is 16.5. The van der Waals surface area contributed by atoms with Crippen molar-refractivity contribution in [3.8, 4) is 5.69 Å². The van der Waals surface area contributed by atoms with E-state index in [1.165, 1.54) is 19.3 Å². The normalized spacial score (nSPS) is 19.1. The van der Waals surface area contributed by atoms with E-state index in [-0.39, 0.29) is 0 Å². The maximum atomic E-state index is 5.79. The number of piperidine rings is 1. The molecule has 4 nitrogen and oxygen atoms in total. The molecule has 2 aromatic rings. The van der Waals surface area contributed by atoms with Gasteiger partial charge in [0.25, 0.3) is 0 Å². The number of ether oxygens (including phenoxy) is 1. The standard InChI is InChI=1S/C16H21N3O/c1-2-7-16(8-3-1)19-11-14(10-18-19)12-20-13-15-6-4-5-9-17-15/h1-3,7-8,10-11,15,17H,4-6,9,12-13H2. The van der Waals surface area contributed by atoms with Crippen LogP contribution in [0.3, 0.4) is 0 Å². The van der Waals surface area contributed by atoms with Gasteiger partial charge in [-0.1, -0.05) is 24.6 Å². The molecule has 1 aromatic heterocycles. The molecule has 1 aliphatic heterocycles. The summed E-state index contributed by atoms with van der Waals surface area (Å²) in [7, 11) is 0. The highest BCUT2D eigenvalue weighted by molar-refractivity contribution is 5.30. The number of nitrogens with zero attached hydrogens (tertiary/aromatic N) is 2. The van der Waals surface area contributed by atoms with Crippen LogP contribution in [0.4, 0.5) is 0 Å². The number of hydrogen-bond acceptors (Lipinski definition) is 3. The van der Waals surface area contributed by atoms with Gasteiger partial charge >= 0.3 is 0 Å². The van der Waals surface area contributed by atoms with Crippen molar-refractivity contribution in [2.75, 3.05) is 13.2 Å². The van der Waals surface area contributed by atoms with Crippen LogP contribution in [0.1, 0.15) is 24.8 Å². The first-order valence-electron chi connectivity index (χ1n) is 7.32. The lowest BCUT2D eigenvalue weighted by atomic mass is 10.1. The minimum absolute atomic E-state index is 0.521. The Bertz CT molecular complexity index is 518. The number of para-hydroxylation sites is 1. The third-order valence-corrected chi connectivity index (χ3v) is 3.66. The molecule has 0 spiro atoms. The summed E-state index contributed by atoms with van der Waals surface area (Å²) in [6, 6.07) is 10.7. The van der Waals surface area contributed by atoms with E-state index < -0.39 is 0 Å². The Morgan fingerprint density at radius 1 is 1.25 bits per heavy atom. The number of benzene rings is 1. The van der Waals surface area contributed by atoms with E-state index in [4.69, 9.17) is 4.74 Å². The Balaban J connectivity index is 1.50. The maximum Gasteiger partial charge on any atom is 0.0748 e. The molecule has 1 aliphatic rings. The smallest absolute Gasteiger partial charge is 0.0748 e. The number of nitrogens with one attached hydrogen (secondary N) is 1. The van der Waals surface area contributed by atoms with Crippen LogP contribution in [0.25, 0.3) is 5.69 Å². The largest absolute Gasteiger partial charge is 0.375 e. The van der Waals surface area contributed by atoms with E-state index >= 15 is 0 Å². The van der Waals surface area contributed by atoms with Crippen molar-refractivity contribution in [1.82, 2.24) is 15.1 Å². The van der Waals surface area contributed by atoms with Crippen LogP contribution in [-0.4, -0.2) is 29.0 Å².